The molecule has 424 valence electrons. The van der Waals surface area contributed by atoms with Gasteiger partial charge in [0.2, 0.25) is 53.1 Å². The summed E-state index contributed by atoms with van der Waals surface area (Å²) < 4.78 is 14.2. The van der Waals surface area contributed by atoms with Gasteiger partial charge in [0.05, 0.1) is 45.6 Å². The lowest BCUT2D eigenvalue weighted by molar-refractivity contribution is -0.137. The Labute approximate surface area is 484 Å². The Hall–Kier alpha value is -10.6. The third kappa shape index (κ3) is 9.60. The zero-order valence-corrected chi connectivity index (χ0v) is 46.1. The minimum absolute atomic E-state index is 0.197. The maximum atomic E-state index is 12.4. The van der Waals surface area contributed by atoms with Crippen molar-refractivity contribution in [2.24, 2.45) is 0 Å². The molecule has 12 aromatic rings. The molecule has 4 saturated heterocycles. The van der Waals surface area contributed by atoms with Gasteiger partial charge in [-0.05, 0) is 68.1 Å². The summed E-state index contributed by atoms with van der Waals surface area (Å²) in [7, 11) is 1.56. The van der Waals surface area contributed by atoms with Crippen LogP contribution in [0.4, 0.5) is 0 Å². The van der Waals surface area contributed by atoms with Gasteiger partial charge in [0, 0.05) is 88.2 Å². The molecule has 0 radical (unpaired) electrons. The largest absolute Gasteiger partial charge is 0.479 e. The third-order valence-electron chi connectivity index (χ3n) is 15.8. The van der Waals surface area contributed by atoms with Gasteiger partial charge in [-0.3, -0.25) is 64.6 Å². The van der Waals surface area contributed by atoms with Crippen molar-refractivity contribution < 1.29 is 43.1 Å². The van der Waals surface area contributed by atoms with E-state index in [4.69, 9.17) is 4.74 Å². The molecule has 4 fully saturated rings. The maximum absolute atomic E-state index is 12.4. The molecule has 4 aliphatic rings. The Balaban J connectivity index is 0.000000106. The Morgan fingerprint density at radius 3 is 1.48 bits per heavy atom. The number of thiazole rings is 1. The SMILES string of the molecule is COc1nccc2c3ccccc3n(C3CCC(=O)NC3=O)c12.O=C1CCC(n2c3ccccc3c3cncnc32)C(=O)N1.O=C1CCC(n2c3ccccc3c3scnc32)C(=O)N1.O=C1CCC(n2c3cnccc3c3cccnc32)C(=O)N1. The van der Waals surface area contributed by atoms with Gasteiger partial charge in [-0.1, -0.05) is 54.6 Å². The van der Waals surface area contributed by atoms with Crippen molar-refractivity contribution in [2.75, 3.05) is 7.11 Å². The summed E-state index contributed by atoms with van der Waals surface area (Å²) in [6.07, 6.45) is 13.4. The highest BCUT2D eigenvalue weighted by molar-refractivity contribution is 7.17. The highest BCUT2D eigenvalue weighted by Crippen LogP contribution is 2.40. The number of benzene rings is 3. The zero-order valence-electron chi connectivity index (χ0n) is 45.3. The molecule has 0 spiro atoms. The Morgan fingerprint density at radius 1 is 0.424 bits per heavy atom. The minimum Gasteiger partial charge on any atom is -0.479 e. The average Bonchev–Trinajstić information content (AvgIpc) is 2.29. The molecule has 85 heavy (non-hydrogen) atoms. The van der Waals surface area contributed by atoms with E-state index in [1.54, 1.807) is 54.9 Å². The quantitative estimate of drug-likeness (QED) is 0.121. The standard InChI is InChI=1S/C17H15N3O3.2C15H12N4O2.C14H11N3O2S/c1-23-17-15-11(8-9-18-17)10-4-2-3-5-12(10)20(15)13-6-7-14(21)19-16(13)22;20-13-4-3-11(15(21)18-13)19-12-8-16-7-5-9(12)10-2-1-6-17-14(10)19;20-13-6-5-12(15(21)18-13)19-11-4-2-1-3-9(11)10-7-16-8-17-14(10)19;18-11-6-5-10(14(19)16-11)17-9-4-2-1-3-8(9)12-13(17)15-7-20-12/h2-5,8-9,13H,6-7H2,1H3,(H,19,21,22);1-2,5-8,11H,3-4H2,(H,18,20,21);1-4,7-8,12H,5-6H2,(H,18,20,21);1-4,7,10H,5-6H2,(H,16,18,19). The first-order valence-corrected chi connectivity index (χ1v) is 28.3. The number of nitrogens with zero attached hydrogens (tertiary/aromatic N) is 10. The Kier molecular flexibility index (Phi) is 14.1. The maximum Gasteiger partial charge on any atom is 0.249 e. The van der Waals surface area contributed by atoms with E-state index in [2.05, 4.69) is 51.2 Å². The predicted octanol–water partition coefficient (Wildman–Crippen LogP) is 7.53. The van der Waals surface area contributed by atoms with Crippen LogP contribution in [0.5, 0.6) is 5.88 Å². The number of pyridine rings is 3. The van der Waals surface area contributed by atoms with Crippen LogP contribution in [0.1, 0.15) is 75.5 Å². The van der Waals surface area contributed by atoms with Crippen molar-refractivity contribution in [3.8, 4) is 5.88 Å². The van der Waals surface area contributed by atoms with Gasteiger partial charge in [-0.15, -0.1) is 11.3 Å². The first-order chi connectivity index (χ1) is 41.5. The number of piperidine rings is 4. The molecule has 4 atom stereocenters. The highest BCUT2D eigenvalue weighted by atomic mass is 32.1. The molecule has 0 aliphatic carbocycles. The van der Waals surface area contributed by atoms with Crippen LogP contribution in [0.15, 0.2) is 140 Å². The van der Waals surface area contributed by atoms with E-state index in [0.29, 0.717) is 57.2 Å². The summed E-state index contributed by atoms with van der Waals surface area (Å²) in [4.78, 5) is 120. The van der Waals surface area contributed by atoms with E-state index in [1.807, 2.05) is 115 Å². The van der Waals surface area contributed by atoms with E-state index in [-0.39, 0.29) is 53.3 Å². The summed E-state index contributed by atoms with van der Waals surface area (Å²) in [5.41, 5.74) is 8.59. The predicted molar refractivity (Wildman–Crippen MR) is 315 cm³/mol. The number of aromatic nitrogens is 10. The number of nitrogens with one attached hydrogen (secondary N) is 4. The van der Waals surface area contributed by atoms with Gasteiger partial charge in [0.25, 0.3) is 0 Å². The number of carbonyl (C=O) groups excluding carboxylic acids is 8. The molecule has 24 heteroatoms. The van der Waals surface area contributed by atoms with Crippen molar-refractivity contribution in [2.45, 2.75) is 75.5 Å². The first-order valence-electron chi connectivity index (χ1n) is 27.4. The van der Waals surface area contributed by atoms with Crippen molar-refractivity contribution >= 4 is 146 Å². The number of amides is 8. The van der Waals surface area contributed by atoms with Crippen LogP contribution in [0.25, 0.3) is 86.9 Å². The fourth-order valence-corrected chi connectivity index (χ4v) is 12.9. The van der Waals surface area contributed by atoms with Crippen LogP contribution in [-0.2, 0) is 38.4 Å². The number of hydrogen-bond donors (Lipinski definition) is 4. The van der Waals surface area contributed by atoms with Gasteiger partial charge >= 0.3 is 0 Å². The van der Waals surface area contributed by atoms with E-state index < -0.39 is 18.1 Å². The van der Waals surface area contributed by atoms with Crippen molar-refractivity contribution in [3.63, 3.8) is 0 Å². The van der Waals surface area contributed by atoms with Gasteiger partial charge < -0.3 is 23.0 Å². The van der Waals surface area contributed by atoms with Crippen LogP contribution >= 0.6 is 11.3 Å². The number of rotatable bonds is 5. The lowest BCUT2D eigenvalue weighted by Gasteiger charge is -2.24. The normalized spacial score (nSPS) is 19.1. The zero-order chi connectivity index (χ0) is 58.5. The molecule has 8 amide bonds. The molecule has 13 heterocycles. The smallest absolute Gasteiger partial charge is 0.249 e. The fourth-order valence-electron chi connectivity index (χ4n) is 12.1. The van der Waals surface area contributed by atoms with Gasteiger partial charge in [-0.2, -0.15) is 0 Å². The molecule has 0 saturated carbocycles. The number of methoxy groups -OCH3 is 1. The fraction of sp³-hybridized carbons (Fsp3) is 0.213. The summed E-state index contributed by atoms with van der Waals surface area (Å²) in [5.74, 6) is -1.45. The van der Waals surface area contributed by atoms with Gasteiger partial charge in [0.1, 0.15) is 47.3 Å². The highest BCUT2D eigenvalue weighted by Gasteiger charge is 2.35. The second-order valence-corrected chi connectivity index (χ2v) is 21.5. The summed E-state index contributed by atoms with van der Waals surface area (Å²) >= 11 is 1.57. The average molecular weight is 1160 g/mol. The molecule has 4 N–H and O–H groups in total. The van der Waals surface area contributed by atoms with E-state index in [9.17, 15) is 38.4 Å². The summed E-state index contributed by atoms with van der Waals surface area (Å²) in [6.45, 7) is 0. The number of imide groups is 4. The molecule has 4 aliphatic heterocycles. The lowest BCUT2D eigenvalue weighted by Crippen LogP contribution is -2.41. The molecule has 9 aromatic heterocycles. The van der Waals surface area contributed by atoms with Gasteiger partial charge in [0.15, 0.2) is 5.65 Å². The second kappa shape index (κ2) is 22.3. The molecular formula is C61H50N14O9S. The minimum atomic E-state index is -0.451. The molecule has 4 unspecified atom stereocenters. The van der Waals surface area contributed by atoms with Crippen LogP contribution in [0.2, 0.25) is 0 Å². The molecular weight excluding hydrogens is 1100 g/mol. The number of hydrogen-bond acceptors (Lipinski definition) is 16. The lowest BCUT2D eigenvalue weighted by atomic mass is 10.1. The van der Waals surface area contributed by atoms with Crippen LogP contribution in [-0.4, -0.2) is 103 Å². The van der Waals surface area contributed by atoms with Gasteiger partial charge in [-0.25, -0.2) is 24.9 Å². The monoisotopic (exact) mass is 1150 g/mol. The van der Waals surface area contributed by atoms with Crippen LogP contribution in [0, 0.1) is 0 Å². The molecule has 3 aromatic carbocycles. The first kappa shape index (κ1) is 53.7. The number of para-hydroxylation sites is 3. The third-order valence-corrected chi connectivity index (χ3v) is 16.6. The molecule has 0 bridgehead atoms. The number of carbonyl (C=O) groups is 8. The van der Waals surface area contributed by atoms with Crippen molar-refractivity contribution in [1.82, 2.24) is 69.4 Å². The molecule has 23 nitrogen and oxygen atoms in total. The summed E-state index contributed by atoms with van der Waals surface area (Å²) in [6, 6.07) is 29.7. The van der Waals surface area contributed by atoms with Crippen molar-refractivity contribution in [3.05, 3.63) is 140 Å². The van der Waals surface area contributed by atoms with E-state index in [1.165, 1.54) is 6.33 Å². The van der Waals surface area contributed by atoms with Crippen LogP contribution in [0.3, 0.4) is 0 Å². The van der Waals surface area contributed by atoms with Crippen LogP contribution < -0.4 is 26.0 Å². The van der Waals surface area contributed by atoms with E-state index in [0.717, 1.165) is 86.9 Å². The molecule has 16 rings (SSSR count). The Morgan fingerprint density at radius 2 is 0.894 bits per heavy atom. The Bertz CT molecular complexity index is 4500. The summed E-state index contributed by atoms with van der Waals surface area (Å²) in [5, 5.41) is 16.7. The second-order valence-electron chi connectivity index (χ2n) is 20.6. The topological polar surface area (TPSA) is 291 Å². The number of ether oxygens (including phenoxy) is 1. The van der Waals surface area contributed by atoms with E-state index >= 15 is 0 Å². The van der Waals surface area contributed by atoms with Crippen molar-refractivity contribution in [1.29, 1.82) is 0 Å². The number of fused-ring (bicyclic) bond motifs is 12.